The van der Waals surface area contributed by atoms with Gasteiger partial charge in [-0.3, -0.25) is 4.79 Å². The Morgan fingerprint density at radius 2 is 2.14 bits per heavy atom. The van der Waals surface area contributed by atoms with E-state index in [-0.39, 0.29) is 5.97 Å². The highest BCUT2D eigenvalue weighted by atomic mass is 32.2. The molecule has 0 amide bonds. The maximum absolute atomic E-state index is 11.4. The normalized spacial score (nSPS) is 10.6. The molecule has 0 fully saturated rings. The standard InChI is InChI=1S/C16H20N2O2S/c1-3-17-16-13(10-21-11-15(19)20-4-2)9-12-7-5-6-8-14(12)18-16/h5-9H,3-4,10-11H2,1-2H3,(H,17,18). The van der Waals surface area contributed by atoms with E-state index in [1.165, 1.54) is 0 Å². The second-order valence-electron chi connectivity index (χ2n) is 4.52. The summed E-state index contributed by atoms with van der Waals surface area (Å²) in [6.07, 6.45) is 0. The van der Waals surface area contributed by atoms with Gasteiger partial charge in [-0.15, -0.1) is 11.8 Å². The Morgan fingerprint density at radius 3 is 2.90 bits per heavy atom. The smallest absolute Gasteiger partial charge is 0.315 e. The molecule has 1 aromatic carbocycles. The summed E-state index contributed by atoms with van der Waals surface area (Å²) in [6, 6.07) is 10.2. The minimum Gasteiger partial charge on any atom is -0.465 e. The number of carbonyl (C=O) groups excluding carboxylic acids is 1. The largest absolute Gasteiger partial charge is 0.465 e. The SMILES string of the molecule is CCNc1nc2ccccc2cc1CSCC(=O)OCC. The fourth-order valence-corrected chi connectivity index (χ4v) is 2.83. The van der Waals surface area contributed by atoms with Crippen molar-refractivity contribution in [3.63, 3.8) is 0 Å². The fraction of sp³-hybridized carbons (Fsp3) is 0.375. The van der Waals surface area contributed by atoms with Crippen LogP contribution in [0.15, 0.2) is 30.3 Å². The van der Waals surface area contributed by atoms with Gasteiger partial charge in [-0.25, -0.2) is 4.98 Å². The highest BCUT2D eigenvalue weighted by molar-refractivity contribution is 7.99. The molecule has 0 atom stereocenters. The number of rotatable bonds is 7. The lowest BCUT2D eigenvalue weighted by Gasteiger charge is -2.11. The maximum atomic E-state index is 11.4. The number of esters is 1. The van der Waals surface area contributed by atoms with Crippen molar-refractivity contribution in [2.75, 3.05) is 24.2 Å². The molecule has 0 saturated carbocycles. The Labute approximate surface area is 129 Å². The topological polar surface area (TPSA) is 51.2 Å². The van der Waals surface area contributed by atoms with Crippen LogP contribution in [0.2, 0.25) is 0 Å². The zero-order valence-electron chi connectivity index (χ0n) is 12.4. The molecule has 5 heteroatoms. The number of aromatic nitrogens is 1. The van der Waals surface area contributed by atoms with Gasteiger partial charge in [-0.05, 0) is 26.0 Å². The number of carbonyl (C=O) groups is 1. The highest BCUT2D eigenvalue weighted by Gasteiger charge is 2.08. The van der Waals surface area contributed by atoms with Gasteiger partial charge in [-0.1, -0.05) is 18.2 Å². The third kappa shape index (κ3) is 4.36. The molecule has 21 heavy (non-hydrogen) atoms. The van der Waals surface area contributed by atoms with E-state index in [0.717, 1.165) is 34.6 Å². The molecule has 0 saturated heterocycles. The summed E-state index contributed by atoms with van der Waals surface area (Å²) in [7, 11) is 0. The number of hydrogen-bond acceptors (Lipinski definition) is 5. The van der Waals surface area contributed by atoms with Crippen LogP contribution in [-0.2, 0) is 15.3 Å². The van der Waals surface area contributed by atoms with Crippen LogP contribution in [-0.4, -0.2) is 29.9 Å². The van der Waals surface area contributed by atoms with Gasteiger partial charge in [0.15, 0.2) is 0 Å². The third-order valence-corrected chi connectivity index (χ3v) is 3.88. The van der Waals surface area contributed by atoms with Crippen LogP contribution in [0.3, 0.4) is 0 Å². The molecule has 1 heterocycles. The number of thioether (sulfide) groups is 1. The van der Waals surface area contributed by atoms with E-state index in [0.29, 0.717) is 12.4 Å². The molecule has 112 valence electrons. The van der Waals surface area contributed by atoms with Crippen LogP contribution < -0.4 is 5.32 Å². The van der Waals surface area contributed by atoms with Gasteiger partial charge in [0.2, 0.25) is 0 Å². The van der Waals surface area contributed by atoms with Crippen molar-refractivity contribution in [1.82, 2.24) is 4.98 Å². The van der Waals surface area contributed by atoms with E-state index < -0.39 is 0 Å². The van der Waals surface area contributed by atoms with Gasteiger partial charge in [0, 0.05) is 23.2 Å². The minimum absolute atomic E-state index is 0.166. The van der Waals surface area contributed by atoms with Gasteiger partial charge in [0.05, 0.1) is 17.9 Å². The molecule has 2 rings (SSSR count). The summed E-state index contributed by atoms with van der Waals surface area (Å²) < 4.78 is 4.94. The second kappa shape index (κ2) is 7.88. The van der Waals surface area contributed by atoms with Crippen LogP contribution in [0.5, 0.6) is 0 Å². The molecule has 2 aromatic rings. The van der Waals surface area contributed by atoms with Crippen molar-refractivity contribution in [3.8, 4) is 0 Å². The Bertz CT molecular complexity index is 616. The van der Waals surface area contributed by atoms with Crippen LogP contribution in [0.1, 0.15) is 19.4 Å². The molecule has 0 unspecified atom stereocenters. The zero-order chi connectivity index (χ0) is 15.1. The number of ether oxygens (including phenoxy) is 1. The summed E-state index contributed by atoms with van der Waals surface area (Å²) in [5.74, 6) is 1.83. The average molecular weight is 304 g/mol. The monoisotopic (exact) mass is 304 g/mol. The average Bonchev–Trinajstić information content (AvgIpc) is 2.48. The third-order valence-electron chi connectivity index (χ3n) is 2.93. The first-order chi connectivity index (χ1) is 10.2. The highest BCUT2D eigenvalue weighted by Crippen LogP contribution is 2.24. The maximum Gasteiger partial charge on any atom is 0.315 e. The molecule has 1 aromatic heterocycles. The van der Waals surface area contributed by atoms with E-state index in [9.17, 15) is 4.79 Å². The molecule has 0 aliphatic rings. The van der Waals surface area contributed by atoms with E-state index in [2.05, 4.69) is 22.4 Å². The second-order valence-corrected chi connectivity index (χ2v) is 5.50. The summed E-state index contributed by atoms with van der Waals surface area (Å²) in [4.78, 5) is 16.0. The lowest BCUT2D eigenvalue weighted by molar-refractivity contribution is -0.139. The number of nitrogens with one attached hydrogen (secondary N) is 1. The number of nitrogens with zero attached hydrogens (tertiary/aromatic N) is 1. The molecule has 0 spiro atoms. The fourth-order valence-electron chi connectivity index (χ4n) is 2.04. The number of anilines is 1. The van der Waals surface area contributed by atoms with Crippen molar-refractivity contribution in [1.29, 1.82) is 0 Å². The van der Waals surface area contributed by atoms with Gasteiger partial charge in [-0.2, -0.15) is 0 Å². The van der Waals surface area contributed by atoms with Gasteiger partial charge in [0.25, 0.3) is 0 Å². The van der Waals surface area contributed by atoms with E-state index >= 15 is 0 Å². The lowest BCUT2D eigenvalue weighted by Crippen LogP contribution is -2.07. The van der Waals surface area contributed by atoms with Gasteiger partial charge >= 0.3 is 5.97 Å². The number of pyridine rings is 1. The Balaban J connectivity index is 2.12. The molecule has 4 nitrogen and oxygen atoms in total. The zero-order valence-corrected chi connectivity index (χ0v) is 13.2. The predicted octanol–water partition coefficient (Wildman–Crippen LogP) is 3.46. The molecular weight excluding hydrogens is 284 g/mol. The summed E-state index contributed by atoms with van der Waals surface area (Å²) in [5, 5.41) is 4.41. The number of para-hydroxylation sites is 1. The van der Waals surface area contributed by atoms with Crippen LogP contribution >= 0.6 is 11.8 Å². The number of fused-ring (bicyclic) bond motifs is 1. The summed E-state index contributed by atoms with van der Waals surface area (Å²) >= 11 is 1.55. The predicted molar refractivity (Wildman–Crippen MR) is 88.7 cm³/mol. The van der Waals surface area contributed by atoms with Crippen molar-refractivity contribution < 1.29 is 9.53 Å². The molecule has 1 N–H and O–H groups in total. The van der Waals surface area contributed by atoms with Crippen molar-refractivity contribution >= 4 is 34.5 Å². The minimum atomic E-state index is -0.166. The first kappa shape index (κ1) is 15.6. The number of benzene rings is 1. The quantitative estimate of drug-likeness (QED) is 0.794. The molecular formula is C16H20N2O2S. The van der Waals surface area contributed by atoms with E-state index in [1.807, 2.05) is 32.0 Å². The van der Waals surface area contributed by atoms with E-state index in [4.69, 9.17) is 4.74 Å². The first-order valence-corrected chi connectivity index (χ1v) is 8.26. The van der Waals surface area contributed by atoms with Crippen molar-refractivity contribution in [2.45, 2.75) is 19.6 Å². The Morgan fingerprint density at radius 1 is 1.33 bits per heavy atom. The van der Waals surface area contributed by atoms with Crippen molar-refractivity contribution in [3.05, 3.63) is 35.9 Å². The van der Waals surface area contributed by atoms with Crippen LogP contribution in [0.4, 0.5) is 5.82 Å². The number of hydrogen-bond donors (Lipinski definition) is 1. The first-order valence-electron chi connectivity index (χ1n) is 7.10. The van der Waals surface area contributed by atoms with Gasteiger partial charge in [0.1, 0.15) is 5.82 Å². The van der Waals surface area contributed by atoms with Crippen molar-refractivity contribution in [2.24, 2.45) is 0 Å². The van der Waals surface area contributed by atoms with Gasteiger partial charge < -0.3 is 10.1 Å². The molecule has 0 bridgehead atoms. The molecule has 0 radical (unpaired) electrons. The lowest BCUT2D eigenvalue weighted by atomic mass is 10.1. The van der Waals surface area contributed by atoms with E-state index in [1.54, 1.807) is 11.8 Å². The summed E-state index contributed by atoms with van der Waals surface area (Å²) in [6.45, 7) is 5.12. The summed E-state index contributed by atoms with van der Waals surface area (Å²) in [5.41, 5.74) is 2.09. The van der Waals surface area contributed by atoms with Crippen LogP contribution in [0, 0.1) is 0 Å². The molecule has 0 aliphatic carbocycles. The molecule has 0 aliphatic heterocycles. The Kier molecular flexibility index (Phi) is 5.87. The Hall–Kier alpha value is -1.75. The van der Waals surface area contributed by atoms with Crippen LogP contribution in [0.25, 0.3) is 10.9 Å².